The van der Waals surface area contributed by atoms with Gasteiger partial charge in [0.25, 0.3) is 11.8 Å². The second-order valence-corrected chi connectivity index (χ2v) is 18.4. The van der Waals surface area contributed by atoms with Crippen molar-refractivity contribution in [3.63, 3.8) is 0 Å². The second-order valence-electron chi connectivity index (χ2n) is 18.4. The molecule has 65 heavy (non-hydrogen) atoms. The molecule has 2 fully saturated rings. The van der Waals surface area contributed by atoms with Crippen molar-refractivity contribution in [3.8, 4) is 17.2 Å². The molecular weight excluding hydrogens is 848 g/mol. The number of phenolic OH excluding ortho intramolecular Hbond substituents is 1. The summed E-state index contributed by atoms with van der Waals surface area (Å²) in [7, 11) is 1.98. The molecule has 3 atom stereocenters. The maximum atomic E-state index is 15.6. The molecule has 5 aromatic rings. The predicted molar refractivity (Wildman–Crippen MR) is 247 cm³/mol. The smallest absolute Gasteiger partial charge is 0.311 e. The number of morpholine rings is 1. The Labute approximate surface area is 384 Å². The minimum absolute atomic E-state index is 0. The van der Waals surface area contributed by atoms with E-state index in [0.717, 1.165) is 36.0 Å². The molecule has 5 aliphatic rings. The summed E-state index contributed by atoms with van der Waals surface area (Å²) < 4.78 is 25.5. The number of carbonyl (C=O) groups excluding carboxylic acids is 3. The van der Waals surface area contributed by atoms with Crippen LogP contribution in [0.1, 0.15) is 60.3 Å². The quantitative estimate of drug-likeness (QED) is 0.160. The Kier molecular flexibility index (Phi) is 12.0. The van der Waals surface area contributed by atoms with Crippen molar-refractivity contribution in [2.24, 2.45) is 13.0 Å². The number of carbonyl (C=O) groups is 3. The fraction of sp³-hybridized carbons (Fsp3) is 0.380. The van der Waals surface area contributed by atoms with Crippen LogP contribution in [0.15, 0.2) is 103 Å². The first-order valence-corrected chi connectivity index (χ1v) is 22.2. The van der Waals surface area contributed by atoms with E-state index in [1.807, 2.05) is 91.0 Å². The molecule has 1 aromatic heterocycles. The van der Waals surface area contributed by atoms with Crippen LogP contribution >= 0.6 is 12.4 Å². The molecule has 340 valence electrons. The van der Waals surface area contributed by atoms with E-state index in [1.165, 1.54) is 5.56 Å². The van der Waals surface area contributed by atoms with E-state index in [1.54, 1.807) is 35.2 Å². The van der Waals surface area contributed by atoms with Gasteiger partial charge in [0.1, 0.15) is 17.0 Å². The van der Waals surface area contributed by atoms with Gasteiger partial charge in [0.05, 0.1) is 30.9 Å². The van der Waals surface area contributed by atoms with Gasteiger partial charge in [-0.15, -0.1) is 12.4 Å². The number of hydrazine groups is 1. The number of aryl methyl sites for hydroxylation is 1. The van der Waals surface area contributed by atoms with Crippen molar-refractivity contribution in [1.29, 1.82) is 0 Å². The number of hydrogen-bond acceptors (Lipinski definition) is 11. The lowest BCUT2D eigenvalue weighted by atomic mass is 9.91. The topological polar surface area (TPSA) is 129 Å². The fourth-order valence-corrected chi connectivity index (χ4v) is 9.79. The highest BCUT2D eigenvalue weighted by Crippen LogP contribution is 2.46. The zero-order valence-electron chi connectivity index (χ0n) is 37.1. The molecule has 6 heterocycles. The van der Waals surface area contributed by atoms with E-state index >= 15 is 9.59 Å². The normalized spacial score (nSPS) is 20.7. The van der Waals surface area contributed by atoms with Gasteiger partial charge in [0.2, 0.25) is 6.79 Å². The van der Waals surface area contributed by atoms with Gasteiger partial charge in [-0.05, 0) is 117 Å². The Hall–Kier alpha value is -6.06. The van der Waals surface area contributed by atoms with Crippen molar-refractivity contribution >= 4 is 52.5 Å². The highest BCUT2D eigenvalue weighted by Gasteiger charge is 2.46. The van der Waals surface area contributed by atoms with E-state index in [-0.39, 0.29) is 55.3 Å². The molecule has 0 saturated carbocycles. The lowest BCUT2D eigenvalue weighted by molar-refractivity contribution is -0.166. The van der Waals surface area contributed by atoms with Crippen LogP contribution in [-0.2, 0) is 39.1 Å². The average Bonchev–Trinajstić information content (AvgIpc) is 4.02. The number of amides is 2. The average molecular weight is 903 g/mol. The number of hydrogen-bond donors (Lipinski definition) is 1. The molecule has 0 bridgehead atoms. The van der Waals surface area contributed by atoms with Crippen LogP contribution in [0.2, 0.25) is 0 Å². The van der Waals surface area contributed by atoms with Crippen LogP contribution in [0.3, 0.4) is 0 Å². The van der Waals surface area contributed by atoms with Crippen molar-refractivity contribution < 1.29 is 38.4 Å². The van der Waals surface area contributed by atoms with Gasteiger partial charge in [0, 0.05) is 80.7 Å². The molecule has 2 unspecified atom stereocenters. The van der Waals surface area contributed by atoms with Gasteiger partial charge in [-0.3, -0.25) is 29.2 Å². The zero-order valence-corrected chi connectivity index (χ0v) is 38.0. The first kappa shape index (κ1) is 44.2. The number of rotatable bonds is 8. The number of phenols is 1. The van der Waals surface area contributed by atoms with Crippen molar-refractivity contribution in [2.45, 2.75) is 57.8 Å². The zero-order chi connectivity index (χ0) is 44.3. The third-order valence-electron chi connectivity index (χ3n) is 13.0. The molecule has 15 heteroatoms. The Morgan fingerprint density at radius 3 is 2.35 bits per heavy atom. The minimum Gasteiger partial charge on any atom is -0.508 e. The Balaban J connectivity index is 0.00000533. The summed E-state index contributed by atoms with van der Waals surface area (Å²) in [5.74, 6) is -0.255. The number of halogens is 1. The van der Waals surface area contributed by atoms with Crippen molar-refractivity contribution in [3.05, 3.63) is 125 Å². The summed E-state index contributed by atoms with van der Waals surface area (Å²) in [6, 6.07) is 25.8. The standard InChI is InChI=1S/C50H54N6O8.ClH/c1-50(2,3)64-49(60)35-16-18-54-43(27-44(55(54)29-35)48(59)56(36-9-12-39(57)13-10-36)37-11-14-42-33(24-37)15-17-51(42)4)40-25-45-46(63-31-62-45)26-41(40)47(58)53-28-34-8-6-5-7-32(34)23-38(53)30-52-19-21-61-22-20-52;/h5-15,17,24-27,35,38,43,57H,16,18-23,28-31H2,1-4H3;1H/t35?,38-,43?;/m0./s1. The van der Waals surface area contributed by atoms with Gasteiger partial charge >= 0.3 is 5.97 Å². The van der Waals surface area contributed by atoms with Gasteiger partial charge in [-0.25, -0.2) is 5.01 Å². The molecule has 14 nitrogen and oxygen atoms in total. The molecule has 2 amide bonds. The van der Waals surface area contributed by atoms with Crippen molar-refractivity contribution in [1.82, 2.24) is 24.4 Å². The monoisotopic (exact) mass is 902 g/mol. The highest BCUT2D eigenvalue weighted by molar-refractivity contribution is 6.11. The molecule has 0 aliphatic carbocycles. The summed E-state index contributed by atoms with van der Waals surface area (Å²) in [6.07, 6.45) is 5.08. The molecule has 1 N–H and O–H groups in total. The molecular formula is C50H55ClN6O8. The number of benzene rings is 4. The van der Waals surface area contributed by atoms with Crippen LogP contribution in [0, 0.1) is 5.92 Å². The maximum absolute atomic E-state index is 15.6. The van der Waals surface area contributed by atoms with Crippen LogP contribution in [-0.4, -0.2) is 112 Å². The third kappa shape index (κ3) is 8.63. The molecule has 0 radical (unpaired) electrons. The Bertz CT molecular complexity index is 2650. The van der Waals surface area contributed by atoms with Gasteiger partial charge in [0.15, 0.2) is 11.5 Å². The van der Waals surface area contributed by atoms with Gasteiger partial charge < -0.3 is 33.5 Å². The highest BCUT2D eigenvalue weighted by atomic mass is 35.5. The molecule has 0 spiro atoms. The largest absolute Gasteiger partial charge is 0.508 e. The lowest BCUT2D eigenvalue weighted by Crippen LogP contribution is -2.52. The van der Waals surface area contributed by atoms with E-state index in [2.05, 4.69) is 28.1 Å². The summed E-state index contributed by atoms with van der Waals surface area (Å²) >= 11 is 0. The summed E-state index contributed by atoms with van der Waals surface area (Å²) in [6.45, 7) is 10.2. The third-order valence-corrected chi connectivity index (χ3v) is 13.0. The van der Waals surface area contributed by atoms with Gasteiger partial charge in [-0.1, -0.05) is 24.3 Å². The summed E-state index contributed by atoms with van der Waals surface area (Å²) in [4.78, 5) is 50.9. The summed E-state index contributed by atoms with van der Waals surface area (Å²) in [5, 5.41) is 15.3. The van der Waals surface area contributed by atoms with Crippen LogP contribution < -0.4 is 14.4 Å². The molecule has 5 aliphatic heterocycles. The molecule has 10 rings (SSSR count). The second kappa shape index (κ2) is 17.7. The van der Waals surface area contributed by atoms with Crippen LogP contribution in [0.4, 0.5) is 11.4 Å². The fourth-order valence-electron chi connectivity index (χ4n) is 9.79. The SMILES string of the molecule is Cl.Cn1ccc2cc(N(C(=O)C3=CC(c4cc5c(cc4C(=O)N4Cc6ccccc6C[C@H]4CN4CCOCC4)OCO5)N4CCC(C(=O)OC(C)(C)C)CN34)c3ccc(O)cc3)ccc21. The number of fused-ring (bicyclic) bond motifs is 4. The Morgan fingerprint density at radius 1 is 0.877 bits per heavy atom. The van der Waals surface area contributed by atoms with Crippen LogP contribution in [0.5, 0.6) is 17.2 Å². The summed E-state index contributed by atoms with van der Waals surface area (Å²) in [5.41, 5.74) is 5.31. The predicted octanol–water partition coefficient (Wildman–Crippen LogP) is 7.12. The number of anilines is 2. The first-order valence-electron chi connectivity index (χ1n) is 22.2. The lowest BCUT2D eigenvalue weighted by Gasteiger charge is -2.43. The molecule has 2 saturated heterocycles. The van der Waals surface area contributed by atoms with Crippen LogP contribution in [0.25, 0.3) is 10.9 Å². The van der Waals surface area contributed by atoms with E-state index < -0.39 is 17.6 Å². The van der Waals surface area contributed by atoms with Gasteiger partial charge in [-0.2, -0.15) is 0 Å². The van der Waals surface area contributed by atoms with E-state index in [4.69, 9.17) is 18.9 Å². The molecule has 4 aromatic carbocycles. The van der Waals surface area contributed by atoms with E-state index in [9.17, 15) is 9.90 Å². The number of esters is 1. The Morgan fingerprint density at radius 2 is 1.60 bits per heavy atom. The number of nitrogens with zero attached hydrogens (tertiary/aromatic N) is 6. The minimum atomic E-state index is -0.696. The first-order chi connectivity index (χ1) is 30.9. The number of aromatic hydroxyl groups is 1. The maximum Gasteiger partial charge on any atom is 0.311 e. The number of ether oxygens (including phenoxy) is 4. The van der Waals surface area contributed by atoms with Crippen molar-refractivity contribution in [2.75, 3.05) is 57.6 Å². The van der Waals surface area contributed by atoms with E-state index in [0.29, 0.717) is 79.0 Å². The number of aromatic nitrogens is 1.